The molecule has 5 heteroatoms. The largest absolute Gasteiger partial charge is 0.311 e. The summed E-state index contributed by atoms with van der Waals surface area (Å²) in [5, 5.41) is 4.80. The van der Waals surface area contributed by atoms with Gasteiger partial charge in [-0.1, -0.05) is 36.4 Å². The molecule has 29 heavy (non-hydrogen) atoms. The Kier molecular flexibility index (Phi) is 4.06. The van der Waals surface area contributed by atoms with Crippen LogP contribution in [-0.4, -0.2) is 27.7 Å². The Morgan fingerprint density at radius 1 is 0.931 bits per heavy atom. The Balaban J connectivity index is 1.70. The standard InChI is InChI=1S/C24H18N4O/c1-27-22-12-6-5-11-20(22)21(24(27)29)14-18-16-28(19-9-3-2-4-10-19)26-23(18)17-8-7-13-25-15-17/h2-16H,1H3/b21-14+. The van der Waals surface area contributed by atoms with Crippen molar-refractivity contribution in [2.24, 2.45) is 0 Å². The van der Waals surface area contributed by atoms with Gasteiger partial charge in [-0.3, -0.25) is 9.78 Å². The van der Waals surface area contributed by atoms with Crippen LogP contribution in [0.5, 0.6) is 0 Å². The minimum absolute atomic E-state index is 0.0178. The fourth-order valence-corrected chi connectivity index (χ4v) is 3.63. The molecule has 5 rings (SSSR count). The van der Waals surface area contributed by atoms with E-state index in [2.05, 4.69) is 4.98 Å². The minimum atomic E-state index is -0.0178. The molecule has 0 fully saturated rings. The average molecular weight is 378 g/mol. The molecule has 0 bridgehead atoms. The molecule has 0 spiro atoms. The van der Waals surface area contributed by atoms with Crippen LogP contribution in [0.3, 0.4) is 0 Å². The SMILES string of the molecule is CN1C(=O)/C(=C/c2cn(-c3ccccc3)nc2-c2cccnc2)c2ccccc21. The van der Waals surface area contributed by atoms with Crippen molar-refractivity contribution in [3.63, 3.8) is 0 Å². The summed E-state index contributed by atoms with van der Waals surface area (Å²) in [6.45, 7) is 0. The van der Waals surface area contributed by atoms with Gasteiger partial charge in [0.15, 0.2) is 0 Å². The lowest BCUT2D eigenvalue weighted by Crippen LogP contribution is -2.20. The number of hydrogen-bond donors (Lipinski definition) is 0. The van der Waals surface area contributed by atoms with Crippen molar-refractivity contribution in [1.82, 2.24) is 14.8 Å². The van der Waals surface area contributed by atoms with Gasteiger partial charge >= 0.3 is 0 Å². The summed E-state index contributed by atoms with van der Waals surface area (Å²) in [7, 11) is 1.80. The zero-order valence-corrected chi connectivity index (χ0v) is 15.9. The lowest BCUT2D eigenvalue weighted by atomic mass is 10.0. The predicted molar refractivity (Wildman–Crippen MR) is 115 cm³/mol. The van der Waals surface area contributed by atoms with Gasteiger partial charge in [-0.15, -0.1) is 0 Å². The molecular formula is C24H18N4O. The molecular weight excluding hydrogens is 360 g/mol. The highest BCUT2D eigenvalue weighted by atomic mass is 16.2. The van der Waals surface area contributed by atoms with Crippen molar-refractivity contribution in [3.8, 4) is 16.9 Å². The van der Waals surface area contributed by atoms with E-state index < -0.39 is 0 Å². The molecule has 0 aliphatic carbocycles. The second-order valence-electron chi connectivity index (χ2n) is 6.89. The second kappa shape index (κ2) is 6.87. The molecule has 1 aliphatic heterocycles. The number of pyridine rings is 1. The Morgan fingerprint density at radius 3 is 2.52 bits per heavy atom. The number of nitrogens with zero attached hydrogens (tertiary/aromatic N) is 4. The number of rotatable bonds is 3. The van der Waals surface area contributed by atoms with Crippen molar-refractivity contribution >= 4 is 23.2 Å². The summed E-state index contributed by atoms with van der Waals surface area (Å²) in [6.07, 6.45) is 7.41. The van der Waals surface area contributed by atoms with E-state index >= 15 is 0 Å². The summed E-state index contributed by atoms with van der Waals surface area (Å²) >= 11 is 0. The Hall–Kier alpha value is -3.99. The highest BCUT2D eigenvalue weighted by molar-refractivity contribution is 6.35. The summed E-state index contributed by atoms with van der Waals surface area (Å²) in [5.74, 6) is -0.0178. The molecule has 2 aromatic carbocycles. The highest BCUT2D eigenvalue weighted by Gasteiger charge is 2.29. The number of aromatic nitrogens is 3. The summed E-state index contributed by atoms with van der Waals surface area (Å²) in [6, 6.07) is 21.6. The normalized spacial score (nSPS) is 14.4. The third kappa shape index (κ3) is 2.93. The van der Waals surface area contributed by atoms with Gasteiger partial charge in [0.25, 0.3) is 5.91 Å². The lowest BCUT2D eigenvalue weighted by molar-refractivity contribution is -0.112. The van der Waals surface area contributed by atoms with Crippen molar-refractivity contribution in [3.05, 3.63) is 96.4 Å². The number of para-hydroxylation sites is 2. The van der Waals surface area contributed by atoms with E-state index in [9.17, 15) is 4.79 Å². The molecule has 0 N–H and O–H groups in total. The highest BCUT2D eigenvalue weighted by Crippen LogP contribution is 2.37. The molecule has 0 atom stereocenters. The van der Waals surface area contributed by atoms with Gasteiger partial charge in [-0.05, 0) is 36.4 Å². The predicted octanol–water partition coefficient (Wildman–Crippen LogP) is 4.45. The fourth-order valence-electron chi connectivity index (χ4n) is 3.63. The number of carbonyl (C=O) groups excluding carboxylic acids is 1. The third-order valence-electron chi connectivity index (χ3n) is 5.09. The van der Waals surface area contributed by atoms with E-state index in [1.807, 2.05) is 83.7 Å². The average Bonchev–Trinajstić information content (AvgIpc) is 3.31. The molecule has 2 aromatic heterocycles. The molecule has 0 saturated heterocycles. The van der Waals surface area contributed by atoms with E-state index in [1.54, 1.807) is 24.3 Å². The molecule has 0 saturated carbocycles. The van der Waals surface area contributed by atoms with E-state index in [1.165, 1.54) is 0 Å². The Labute approximate surface area is 168 Å². The van der Waals surface area contributed by atoms with Crippen LogP contribution in [0.2, 0.25) is 0 Å². The number of fused-ring (bicyclic) bond motifs is 1. The molecule has 1 aliphatic rings. The van der Waals surface area contributed by atoms with Crippen LogP contribution in [0.25, 0.3) is 28.6 Å². The third-order valence-corrected chi connectivity index (χ3v) is 5.09. The van der Waals surface area contributed by atoms with Crippen molar-refractivity contribution in [2.75, 3.05) is 11.9 Å². The van der Waals surface area contributed by atoms with Crippen LogP contribution in [0.1, 0.15) is 11.1 Å². The van der Waals surface area contributed by atoms with Gasteiger partial charge in [0.05, 0.1) is 11.4 Å². The van der Waals surface area contributed by atoms with Gasteiger partial charge in [0.1, 0.15) is 5.69 Å². The summed E-state index contributed by atoms with van der Waals surface area (Å²) in [4.78, 5) is 18.8. The van der Waals surface area contributed by atoms with Crippen LogP contribution < -0.4 is 4.90 Å². The fraction of sp³-hybridized carbons (Fsp3) is 0.0417. The van der Waals surface area contributed by atoms with Gasteiger partial charge < -0.3 is 4.90 Å². The first-order valence-electron chi connectivity index (χ1n) is 9.37. The first-order chi connectivity index (χ1) is 14.2. The van der Waals surface area contributed by atoms with Crippen LogP contribution in [-0.2, 0) is 4.79 Å². The van der Waals surface area contributed by atoms with Gasteiger partial charge in [-0.25, -0.2) is 4.68 Å². The summed E-state index contributed by atoms with van der Waals surface area (Å²) in [5.41, 5.74) is 6.04. The van der Waals surface area contributed by atoms with Crippen molar-refractivity contribution < 1.29 is 4.79 Å². The first kappa shape index (κ1) is 17.1. The van der Waals surface area contributed by atoms with E-state index in [-0.39, 0.29) is 5.91 Å². The Bertz CT molecular complexity index is 1230. The van der Waals surface area contributed by atoms with E-state index in [0.29, 0.717) is 5.57 Å². The molecule has 140 valence electrons. The quantitative estimate of drug-likeness (QED) is 0.495. The van der Waals surface area contributed by atoms with Crippen LogP contribution in [0.15, 0.2) is 85.3 Å². The van der Waals surface area contributed by atoms with Crippen LogP contribution in [0.4, 0.5) is 5.69 Å². The number of hydrogen-bond acceptors (Lipinski definition) is 3. The van der Waals surface area contributed by atoms with E-state index in [0.717, 1.165) is 33.8 Å². The van der Waals surface area contributed by atoms with Crippen LogP contribution >= 0.6 is 0 Å². The molecule has 0 unspecified atom stereocenters. The van der Waals surface area contributed by atoms with Crippen molar-refractivity contribution in [1.29, 1.82) is 0 Å². The Morgan fingerprint density at radius 2 is 1.72 bits per heavy atom. The zero-order valence-electron chi connectivity index (χ0n) is 15.9. The maximum atomic E-state index is 12.9. The number of benzene rings is 2. The maximum absolute atomic E-state index is 12.9. The summed E-state index contributed by atoms with van der Waals surface area (Å²) < 4.78 is 1.84. The molecule has 3 heterocycles. The topological polar surface area (TPSA) is 51.0 Å². The number of likely N-dealkylation sites (N-methyl/N-ethyl adjacent to an activating group) is 1. The number of anilines is 1. The maximum Gasteiger partial charge on any atom is 0.258 e. The number of amides is 1. The number of carbonyl (C=O) groups is 1. The van der Waals surface area contributed by atoms with Gasteiger partial charge in [0, 0.05) is 47.9 Å². The van der Waals surface area contributed by atoms with Gasteiger partial charge in [-0.2, -0.15) is 5.10 Å². The molecule has 4 aromatic rings. The van der Waals surface area contributed by atoms with E-state index in [4.69, 9.17) is 5.10 Å². The minimum Gasteiger partial charge on any atom is -0.311 e. The van der Waals surface area contributed by atoms with Gasteiger partial charge in [0.2, 0.25) is 0 Å². The molecule has 1 amide bonds. The monoisotopic (exact) mass is 378 g/mol. The molecule has 0 radical (unpaired) electrons. The van der Waals surface area contributed by atoms with Crippen LogP contribution in [0, 0.1) is 0 Å². The van der Waals surface area contributed by atoms with Crippen molar-refractivity contribution in [2.45, 2.75) is 0 Å². The zero-order chi connectivity index (χ0) is 19.8. The first-order valence-corrected chi connectivity index (χ1v) is 9.37. The molecule has 5 nitrogen and oxygen atoms in total. The smallest absolute Gasteiger partial charge is 0.258 e. The second-order valence-corrected chi connectivity index (χ2v) is 6.89. The lowest BCUT2D eigenvalue weighted by Gasteiger charge is -2.07.